The Hall–Kier alpha value is 0.307. The van der Waals surface area contributed by atoms with Crippen molar-refractivity contribution < 1.29 is 23.4 Å². The molecule has 0 aromatic heterocycles. The molecule has 2 rings (SSSR count). The van der Waals surface area contributed by atoms with Gasteiger partial charge in [0.25, 0.3) is 0 Å². The smallest absolute Gasteiger partial charge is 0.192 e. The van der Waals surface area contributed by atoms with E-state index in [0.29, 0.717) is 6.61 Å². The molecule has 0 spiro atoms. The van der Waals surface area contributed by atoms with Gasteiger partial charge in [-0.1, -0.05) is 26.7 Å². The molecule has 7 heteroatoms. The third-order valence-corrected chi connectivity index (χ3v) is 10.1. The summed E-state index contributed by atoms with van der Waals surface area (Å²) in [4.78, 5) is 0. The second-order valence-electron chi connectivity index (χ2n) is 9.47. The average Bonchev–Trinajstić information content (AvgIpc) is 2.94. The van der Waals surface area contributed by atoms with Gasteiger partial charge in [0, 0.05) is 22.6 Å². The lowest BCUT2D eigenvalue weighted by Gasteiger charge is -2.42. The Balaban J connectivity index is 2.35. The van der Waals surface area contributed by atoms with Crippen molar-refractivity contribution >= 4 is 30.9 Å². The highest BCUT2D eigenvalue weighted by molar-refractivity contribution is 14.1. The first-order valence-corrected chi connectivity index (χ1v) is 13.1. The van der Waals surface area contributed by atoms with E-state index in [1.54, 1.807) is 0 Å². The van der Waals surface area contributed by atoms with E-state index in [2.05, 4.69) is 43.7 Å². The van der Waals surface area contributed by atoms with Gasteiger partial charge in [0.15, 0.2) is 26.0 Å². The highest BCUT2D eigenvalue weighted by Gasteiger charge is 2.53. The van der Waals surface area contributed by atoms with E-state index < -0.39 is 19.9 Å². The summed E-state index contributed by atoms with van der Waals surface area (Å²) < 4.78 is 34.0. The number of rotatable bonds is 4. The van der Waals surface area contributed by atoms with Gasteiger partial charge in [-0.05, 0) is 49.8 Å². The van der Waals surface area contributed by atoms with Crippen molar-refractivity contribution in [2.45, 2.75) is 103 Å². The van der Waals surface area contributed by atoms with Gasteiger partial charge < -0.3 is 23.4 Å². The molecule has 0 amide bonds. The van der Waals surface area contributed by atoms with Crippen molar-refractivity contribution in [1.29, 1.82) is 0 Å². The molecule has 0 aromatic rings. The molecular weight excluding hydrogens is 463 g/mol. The summed E-state index contributed by atoms with van der Waals surface area (Å²) in [7, 11) is -2.07. The molecular formula is C19H33IO5Si. The highest BCUT2D eigenvalue weighted by Crippen LogP contribution is 2.42. The molecule has 150 valence electrons. The van der Waals surface area contributed by atoms with Crippen molar-refractivity contribution in [3.8, 4) is 9.85 Å². The van der Waals surface area contributed by atoms with Crippen LogP contribution in [0.15, 0.2) is 0 Å². The maximum Gasteiger partial charge on any atom is 0.192 e. The van der Waals surface area contributed by atoms with Crippen molar-refractivity contribution in [3.63, 3.8) is 0 Å². The predicted molar refractivity (Wildman–Crippen MR) is 113 cm³/mol. The second-order valence-corrected chi connectivity index (χ2v) is 14.8. The van der Waals surface area contributed by atoms with Crippen LogP contribution in [-0.2, 0) is 23.4 Å². The Labute approximate surface area is 173 Å². The summed E-state index contributed by atoms with van der Waals surface area (Å²) in [6.07, 6.45) is -1.21. The van der Waals surface area contributed by atoms with Crippen molar-refractivity contribution in [3.05, 3.63) is 0 Å². The quantitative estimate of drug-likeness (QED) is 0.327. The fourth-order valence-electron chi connectivity index (χ4n) is 2.94. The molecule has 0 radical (unpaired) electrons. The molecule has 5 nitrogen and oxygen atoms in total. The number of hydrogen-bond acceptors (Lipinski definition) is 5. The van der Waals surface area contributed by atoms with E-state index in [1.807, 2.05) is 50.3 Å². The molecule has 0 aliphatic carbocycles. The van der Waals surface area contributed by atoms with Gasteiger partial charge in [0.1, 0.15) is 18.3 Å². The lowest BCUT2D eigenvalue weighted by Crippen LogP contribution is -2.54. The van der Waals surface area contributed by atoms with Crippen LogP contribution in [0.25, 0.3) is 0 Å². The van der Waals surface area contributed by atoms with Gasteiger partial charge >= 0.3 is 0 Å². The monoisotopic (exact) mass is 496 g/mol. The zero-order chi connectivity index (χ0) is 20.0. The fourth-order valence-corrected chi connectivity index (χ4v) is 4.57. The molecule has 0 bridgehead atoms. The van der Waals surface area contributed by atoms with Gasteiger partial charge in [-0.3, -0.25) is 0 Å². The minimum atomic E-state index is -2.07. The van der Waals surface area contributed by atoms with E-state index in [0.717, 1.165) is 0 Å². The van der Waals surface area contributed by atoms with Crippen LogP contribution in [0.2, 0.25) is 18.1 Å². The maximum absolute atomic E-state index is 6.79. The van der Waals surface area contributed by atoms with E-state index in [9.17, 15) is 0 Å². The van der Waals surface area contributed by atoms with Gasteiger partial charge in [0.2, 0.25) is 0 Å². The largest absolute Gasteiger partial charge is 0.408 e. The van der Waals surface area contributed by atoms with Crippen LogP contribution >= 0.6 is 22.6 Å². The van der Waals surface area contributed by atoms with E-state index in [1.165, 1.54) is 0 Å². The van der Waals surface area contributed by atoms with Crippen LogP contribution in [0.4, 0.5) is 0 Å². The Bertz CT molecular complexity index is 573. The summed E-state index contributed by atoms with van der Waals surface area (Å²) in [5.74, 6) is 1.79. The molecule has 26 heavy (non-hydrogen) atoms. The third-order valence-electron chi connectivity index (χ3n) is 5.28. The maximum atomic E-state index is 6.79. The van der Waals surface area contributed by atoms with Crippen molar-refractivity contribution in [2.75, 3.05) is 6.61 Å². The highest BCUT2D eigenvalue weighted by atomic mass is 127. The summed E-state index contributed by atoms with van der Waals surface area (Å²) in [6, 6.07) is 0. The van der Waals surface area contributed by atoms with Crippen LogP contribution in [0.1, 0.15) is 48.5 Å². The molecule has 2 aliphatic rings. The SMILES string of the molecule is CC1(C)O[C@@H]([C@H](O[Si](C)(C)C(C)(C)C)[C@H]2COC(C)(C)O2)[C@@H](C#CI)O1. The first-order chi connectivity index (χ1) is 11.7. The zero-order valence-electron chi connectivity index (χ0n) is 17.4. The summed E-state index contributed by atoms with van der Waals surface area (Å²) in [5.41, 5.74) is 0. The Kier molecular flexibility index (Phi) is 6.62. The standard InChI is InChI=1S/C19H33IO5Si/c1-17(2,3)26(8,9)25-16(14-12-21-18(4,5)23-14)15-13(10-11-20)22-19(6,7)24-15/h13-16H,12H2,1-9H3/t13-,14-,15-,16-/m1/s1. The van der Waals surface area contributed by atoms with Crippen LogP contribution in [-0.4, -0.2) is 50.9 Å². The Morgan fingerprint density at radius 2 is 1.69 bits per heavy atom. The zero-order valence-corrected chi connectivity index (χ0v) is 20.6. The lowest BCUT2D eigenvalue weighted by atomic mass is 10.0. The predicted octanol–water partition coefficient (Wildman–Crippen LogP) is 4.44. The third kappa shape index (κ3) is 5.22. The topological polar surface area (TPSA) is 46.2 Å². The van der Waals surface area contributed by atoms with Gasteiger partial charge in [0.05, 0.1) is 6.61 Å². The van der Waals surface area contributed by atoms with Crippen LogP contribution in [0.3, 0.4) is 0 Å². The van der Waals surface area contributed by atoms with Crippen LogP contribution in [0.5, 0.6) is 0 Å². The summed E-state index contributed by atoms with van der Waals surface area (Å²) in [5, 5.41) is 0.0691. The molecule has 0 N–H and O–H groups in total. The molecule has 0 unspecified atom stereocenters. The lowest BCUT2D eigenvalue weighted by molar-refractivity contribution is -0.176. The Morgan fingerprint density at radius 1 is 1.08 bits per heavy atom. The van der Waals surface area contributed by atoms with Gasteiger partial charge in [-0.2, -0.15) is 0 Å². The number of ether oxygens (including phenoxy) is 4. The number of hydrogen-bond donors (Lipinski definition) is 0. The molecule has 0 aromatic carbocycles. The average molecular weight is 496 g/mol. The molecule has 0 saturated carbocycles. The van der Waals surface area contributed by atoms with E-state index >= 15 is 0 Å². The first kappa shape index (κ1) is 22.6. The van der Waals surface area contributed by atoms with Crippen LogP contribution in [0, 0.1) is 9.85 Å². The van der Waals surface area contributed by atoms with Crippen LogP contribution < -0.4 is 0 Å². The molecule has 2 aliphatic heterocycles. The molecule has 2 heterocycles. The Morgan fingerprint density at radius 3 is 2.15 bits per heavy atom. The minimum Gasteiger partial charge on any atom is -0.408 e. The molecule has 4 atom stereocenters. The van der Waals surface area contributed by atoms with E-state index in [-0.39, 0.29) is 29.5 Å². The minimum absolute atomic E-state index is 0.0691. The molecule has 2 saturated heterocycles. The van der Waals surface area contributed by atoms with Crippen molar-refractivity contribution in [1.82, 2.24) is 0 Å². The molecule has 2 fully saturated rings. The fraction of sp³-hybridized carbons (Fsp3) is 0.895. The summed E-state index contributed by atoms with van der Waals surface area (Å²) in [6.45, 7) is 19.3. The first-order valence-electron chi connectivity index (χ1n) is 9.14. The van der Waals surface area contributed by atoms with Gasteiger partial charge in [-0.15, -0.1) is 0 Å². The second kappa shape index (κ2) is 7.62. The van der Waals surface area contributed by atoms with E-state index in [4.69, 9.17) is 23.4 Å². The normalized spacial score (nSPS) is 32.2. The summed E-state index contributed by atoms with van der Waals surface area (Å²) >= 11 is 2.03. The number of halogens is 1. The van der Waals surface area contributed by atoms with Gasteiger partial charge in [-0.25, -0.2) is 0 Å². The van der Waals surface area contributed by atoms with Crippen molar-refractivity contribution in [2.24, 2.45) is 0 Å².